The summed E-state index contributed by atoms with van der Waals surface area (Å²) < 4.78 is 19.4. The maximum atomic E-state index is 13.8. The maximum absolute atomic E-state index is 13.8. The zero-order valence-corrected chi connectivity index (χ0v) is 12.9. The van der Waals surface area contributed by atoms with Gasteiger partial charge in [-0.1, -0.05) is 24.6 Å². The van der Waals surface area contributed by atoms with Gasteiger partial charge in [0.05, 0.1) is 5.02 Å². The summed E-state index contributed by atoms with van der Waals surface area (Å²) >= 11 is 5.74. The molecule has 1 aromatic heterocycles. The molecule has 112 valence electrons. The van der Waals surface area contributed by atoms with Crippen molar-refractivity contribution in [3.63, 3.8) is 0 Å². The van der Waals surface area contributed by atoms with Crippen LogP contribution in [0, 0.1) is 12.7 Å². The van der Waals surface area contributed by atoms with Crippen LogP contribution < -0.4 is 10.1 Å². The topological polar surface area (TPSA) is 34.2 Å². The normalized spacial score (nSPS) is 10.7. The van der Waals surface area contributed by atoms with Crippen molar-refractivity contribution in [1.29, 1.82) is 0 Å². The van der Waals surface area contributed by atoms with Gasteiger partial charge in [0.2, 0.25) is 5.88 Å². The fourth-order valence-electron chi connectivity index (χ4n) is 1.95. The van der Waals surface area contributed by atoms with E-state index >= 15 is 0 Å². The van der Waals surface area contributed by atoms with E-state index in [0.29, 0.717) is 5.88 Å². The molecule has 0 unspecified atom stereocenters. The first kappa shape index (κ1) is 15.7. The molecule has 2 rings (SSSR count). The molecule has 0 fully saturated rings. The number of pyridine rings is 1. The average molecular weight is 309 g/mol. The summed E-state index contributed by atoms with van der Waals surface area (Å²) in [6, 6.07) is 8.42. The third kappa shape index (κ3) is 4.41. The highest BCUT2D eigenvalue weighted by atomic mass is 35.5. The predicted molar refractivity (Wildman–Crippen MR) is 82.5 cm³/mol. The molecule has 2 aromatic rings. The molecule has 1 heterocycles. The van der Waals surface area contributed by atoms with E-state index in [0.717, 1.165) is 30.8 Å². The average Bonchev–Trinajstić information content (AvgIpc) is 2.44. The Morgan fingerprint density at radius 3 is 2.90 bits per heavy atom. The number of aryl methyl sites for hydroxylation is 1. The second-order valence-corrected chi connectivity index (χ2v) is 5.19. The molecule has 0 aliphatic heterocycles. The molecule has 0 amide bonds. The first-order valence-electron chi connectivity index (χ1n) is 6.90. The van der Waals surface area contributed by atoms with E-state index < -0.39 is 5.82 Å². The van der Waals surface area contributed by atoms with Crippen LogP contribution in [0.25, 0.3) is 0 Å². The lowest BCUT2D eigenvalue weighted by Crippen LogP contribution is -2.14. The van der Waals surface area contributed by atoms with Crippen LogP contribution in [0.5, 0.6) is 11.6 Å². The van der Waals surface area contributed by atoms with Gasteiger partial charge in [-0.3, -0.25) is 0 Å². The summed E-state index contributed by atoms with van der Waals surface area (Å²) in [5.74, 6) is -0.134. The zero-order chi connectivity index (χ0) is 15.2. The van der Waals surface area contributed by atoms with Crippen molar-refractivity contribution in [2.24, 2.45) is 0 Å². The predicted octanol–water partition coefficient (Wildman–Crippen LogP) is 4.47. The first-order chi connectivity index (χ1) is 10.1. The maximum Gasteiger partial charge on any atom is 0.219 e. The highest BCUT2D eigenvalue weighted by Gasteiger charge is 2.10. The van der Waals surface area contributed by atoms with Gasteiger partial charge in [-0.25, -0.2) is 9.37 Å². The van der Waals surface area contributed by atoms with Crippen LogP contribution in [0.1, 0.15) is 24.6 Å². The Labute approximate surface area is 129 Å². The van der Waals surface area contributed by atoms with E-state index in [1.165, 1.54) is 12.1 Å². The SMILES string of the molecule is CCCNCc1cc(C)nc(Oc2cccc(Cl)c2F)c1. The summed E-state index contributed by atoms with van der Waals surface area (Å²) in [6.45, 7) is 5.66. The van der Waals surface area contributed by atoms with Crippen LogP contribution in [-0.4, -0.2) is 11.5 Å². The van der Waals surface area contributed by atoms with Gasteiger partial charge < -0.3 is 10.1 Å². The lowest BCUT2D eigenvalue weighted by molar-refractivity contribution is 0.426. The molecular formula is C16H18ClFN2O. The first-order valence-corrected chi connectivity index (χ1v) is 7.28. The van der Waals surface area contributed by atoms with Crippen LogP contribution in [0.4, 0.5) is 4.39 Å². The van der Waals surface area contributed by atoms with Crippen molar-refractivity contribution < 1.29 is 9.13 Å². The molecule has 0 spiro atoms. The molecular weight excluding hydrogens is 291 g/mol. The Balaban J connectivity index is 2.17. The van der Waals surface area contributed by atoms with Gasteiger partial charge in [0.1, 0.15) is 0 Å². The minimum atomic E-state index is -0.576. The van der Waals surface area contributed by atoms with Crippen molar-refractivity contribution >= 4 is 11.6 Å². The largest absolute Gasteiger partial charge is 0.436 e. The van der Waals surface area contributed by atoms with Crippen LogP contribution >= 0.6 is 11.6 Å². The number of ether oxygens (including phenoxy) is 1. The number of halogens is 2. The van der Waals surface area contributed by atoms with E-state index in [9.17, 15) is 4.39 Å². The highest BCUT2D eigenvalue weighted by Crippen LogP contribution is 2.28. The monoisotopic (exact) mass is 308 g/mol. The number of rotatable bonds is 6. The van der Waals surface area contributed by atoms with Crippen LogP contribution in [0.15, 0.2) is 30.3 Å². The van der Waals surface area contributed by atoms with E-state index in [1.807, 2.05) is 13.0 Å². The Morgan fingerprint density at radius 2 is 2.14 bits per heavy atom. The Kier molecular flexibility index (Phi) is 5.53. The van der Waals surface area contributed by atoms with Crippen molar-refractivity contribution in [2.45, 2.75) is 26.8 Å². The number of nitrogens with one attached hydrogen (secondary N) is 1. The molecule has 3 nitrogen and oxygen atoms in total. The van der Waals surface area contributed by atoms with Crippen LogP contribution in [0.2, 0.25) is 5.02 Å². The summed E-state index contributed by atoms with van der Waals surface area (Å²) in [5.41, 5.74) is 1.87. The van der Waals surface area contributed by atoms with Gasteiger partial charge in [0, 0.05) is 18.3 Å². The second kappa shape index (κ2) is 7.38. The summed E-state index contributed by atoms with van der Waals surface area (Å²) in [6.07, 6.45) is 1.07. The standard InChI is InChI=1S/C16H18ClFN2O/c1-3-7-19-10-12-8-11(2)20-15(9-12)21-14-6-4-5-13(17)16(14)18/h4-6,8-9,19H,3,7,10H2,1-2H3. The van der Waals surface area contributed by atoms with Gasteiger partial charge in [-0.05, 0) is 43.7 Å². The van der Waals surface area contributed by atoms with Crippen molar-refractivity contribution in [2.75, 3.05) is 6.54 Å². The fourth-order valence-corrected chi connectivity index (χ4v) is 2.11. The van der Waals surface area contributed by atoms with Gasteiger partial charge in [0.25, 0.3) is 0 Å². The van der Waals surface area contributed by atoms with Gasteiger partial charge in [-0.15, -0.1) is 0 Å². The zero-order valence-electron chi connectivity index (χ0n) is 12.1. The summed E-state index contributed by atoms with van der Waals surface area (Å²) in [4.78, 5) is 4.27. The van der Waals surface area contributed by atoms with Crippen molar-refractivity contribution in [1.82, 2.24) is 10.3 Å². The smallest absolute Gasteiger partial charge is 0.219 e. The summed E-state index contributed by atoms with van der Waals surface area (Å²) in [5, 5.41) is 3.34. The third-order valence-electron chi connectivity index (χ3n) is 2.88. The second-order valence-electron chi connectivity index (χ2n) is 4.79. The molecule has 1 N–H and O–H groups in total. The van der Waals surface area contributed by atoms with Gasteiger partial charge in [0.15, 0.2) is 11.6 Å². The number of aromatic nitrogens is 1. The number of nitrogens with zero attached hydrogens (tertiary/aromatic N) is 1. The number of benzene rings is 1. The molecule has 0 aliphatic carbocycles. The third-order valence-corrected chi connectivity index (χ3v) is 3.17. The Hall–Kier alpha value is -1.65. The number of hydrogen-bond acceptors (Lipinski definition) is 3. The van der Waals surface area contributed by atoms with E-state index in [2.05, 4.69) is 17.2 Å². The molecule has 0 saturated carbocycles. The van der Waals surface area contributed by atoms with E-state index in [-0.39, 0.29) is 10.8 Å². The van der Waals surface area contributed by atoms with E-state index in [4.69, 9.17) is 16.3 Å². The molecule has 0 atom stereocenters. The molecule has 5 heteroatoms. The van der Waals surface area contributed by atoms with Gasteiger partial charge >= 0.3 is 0 Å². The molecule has 0 saturated heterocycles. The molecule has 1 aromatic carbocycles. The van der Waals surface area contributed by atoms with Gasteiger partial charge in [-0.2, -0.15) is 0 Å². The van der Waals surface area contributed by atoms with Crippen molar-refractivity contribution in [3.05, 3.63) is 52.4 Å². The number of hydrogen-bond donors (Lipinski definition) is 1. The van der Waals surface area contributed by atoms with Crippen molar-refractivity contribution in [3.8, 4) is 11.6 Å². The summed E-state index contributed by atoms with van der Waals surface area (Å²) in [7, 11) is 0. The minimum Gasteiger partial charge on any atom is -0.436 e. The molecule has 0 bridgehead atoms. The Morgan fingerprint density at radius 1 is 1.33 bits per heavy atom. The quantitative estimate of drug-likeness (QED) is 0.799. The fraction of sp³-hybridized carbons (Fsp3) is 0.312. The van der Waals surface area contributed by atoms with Crippen LogP contribution in [0.3, 0.4) is 0 Å². The molecule has 0 aliphatic rings. The molecule has 21 heavy (non-hydrogen) atoms. The molecule has 0 radical (unpaired) electrons. The lowest BCUT2D eigenvalue weighted by Gasteiger charge is -2.10. The van der Waals surface area contributed by atoms with E-state index in [1.54, 1.807) is 12.1 Å². The lowest BCUT2D eigenvalue weighted by atomic mass is 10.2. The Bertz CT molecular complexity index is 619. The van der Waals surface area contributed by atoms with Crippen LogP contribution in [-0.2, 0) is 6.54 Å². The minimum absolute atomic E-state index is 0.0324. The highest BCUT2D eigenvalue weighted by molar-refractivity contribution is 6.30.